The van der Waals surface area contributed by atoms with E-state index >= 15 is 0 Å². The fraction of sp³-hybridized carbons (Fsp3) is 0.667. The molecule has 2 amide bonds. The molecule has 1 aromatic rings. The quantitative estimate of drug-likeness (QED) is 0.639. The minimum absolute atomic E-state index is 0.000568. The Morgan fingerprint density at radius 3 is 2.17 bits per heavy atom. The Balaban J connectivity index is 1.42. The standard InChI is InChI=1S/C24H34N2O2S/c1-15(2)25-22(27)14-29-21-7-5-4-6-20(21)23(28)26-16(3)24-11-17-8-18(12-24)10-19(9-17)13-24/h4-7,15-19H,8-14H2,1-3H3,(H,25,27)(H,26,28)/t16-,17?,18?,19?,24?/m0/s1. The second-order valence-electron chi connectivity index (χ2n) is 9.98. The molecule has 4 saturated carbocycles. The van der Waals surface area contributed by atoms with E-state index in [-0.39, 0.29) is 23.9 Å². The van der Waals surface area contributed by atoms with Crippen LogP contribution in [-0.2, 0) is 4.79 Å². The van der Waals surface area contributed by atoms with Gasteiger partial charge in [-0.2, -0.15) is 0 Å². The van der Waals surface area contributed by atoms with Gasteiger partial charge in [0.2, 0.25) is 5.91 Å². The average molecular weight is 415 g/mol. The summed E-state index contributed by atoms with van der Waals surface area (Å²) in [6, 6.07) is 7.99. The van der Waals surface area contributed by atoms with E-state index < -0.39 is 0 Å². The Morgan fingerprint density at radius 1 is 1.00 bits per heavy atom. The maximum Gasteiger partial charge on any atom is 0.252 e. The van der Waals surface area contributed by atoms with Gasteiger partial charge in [0.25, 0.3) is 5.91 Å². The number of amides is 2. The molecule has 0 saturated heterocycles. The first kappa shape index (κ1) is 20.8. The number of hydrogen-bond acceptors (Lipinski definition) is 3. The van der Waals surface area contributed by atoms with Crippen LogP contribution < -0.4 is 10.6 Å². The van der Waals surface area contributed by atoms with E-state index in [1.165, 1.54) is 50.3 Å². The SMILES string of the molecule is CC(C)NC(=O)CSc1ccccc1C(=O)N[C@@H](C)C12CC3CC(CC(C3)C1)C2. The molecule has 4 bridgehead atoms. The predicted molar refractivity (Wildman–Crippen MR) is 118 cm³/mol. The van der Waals surface area contributed by atoms with Gasteiger partial charge in [-0.25, -0.2) is 0 Å². The molecule has 1 atom stereocenters. The van der Waals surface area contributed by atoms with E-state index in [0.29, 0.717) is 16.7 Å². The highest BCUT2D eigenvalue weighted by atomic mass is 32.2. The molecule has 4 aliphatic carbocycles. The van der Waals surface area contributed by atoms with Crippen LogP contribution in [-0.4, -0.2) is 29.7 Å². The first-order valence-corrected chi connectivity index (χ1v) is 12.2. The molecule has 4 fully saturated rings. The molecule has 1 aromatic carbocycles. The van der Waals surface area contributed by atoms with Crippen LogP contribution in [0.2, 0.25) is 0 Å². The highest BCUT2D eigenvalue weighted by molar-refractivity contribution is 8.00. The summed E-state index contributed by atoms with van der Waals surface area (Å²) in [5.74, 6) is 2.96. The molecule has 0 radical (unpaired) electrons. The molecule has 158 valence electrons. The minimum Gasteiger partial charge on any atom is -0.353 e. The van der Waals surface area contributed by atoms with Crippen LogP contribution in [0.25, 0.3) is 0 Å². The highest BCUT2D eigenvalue weighted by Crippen LogP contribution is 2.61. The van der Waals surface area contributed by atoms with Crippen molar-refractivity contribution in [1.82, 2.24) is 10.6 Å². The lowest BCUT2D eigenvalue weighted by Gasteiger charge is -2.59. The maximum atomic E-state index is 13.2. The molecule has 0 aliphatic heterocycles. The van der Waals surface area contributed by atoms with E-state index in [0.717, 1.165) is 22.6 Å². The van der Waals surface area contributed by atoms with Crippen molar-refractivity contribution in [2.75, 3.05) is 5.75 Å². The molecule has 5 rings (SSSR count). The van der Waals surface area contributed by atoms with Crippen molar-refractivity contribution in [2.24, 2.45) is 23.2 Å². The summed E-state index contributed by atoms with van der Waals surface area (Å²) >= 11 is 1.44. The van der Waals surface area contributed by atoms with Gasteiger partial charge < -0.3 is 10.6 Å². The zero-order valence-electron chi connectivity index (χ0n) is 17.9. The third kappa shape index (κ3) is 4.50. The summed E-state index contributed by atoms with van der Waals surface area (Å²) in [5.41, 5.74) is 0.982. The number of benzene rings is 1. The van der Waals surface area contributed by atoms with Crippen molar-refractivity contribution in [3.05, 3.63) is 29.8 Å². The van der Waals surface area contributed by atoms with Crippen molar-refractivity contribution in [3.8, 4) is 0 Å². The van der Waals surface area contributed by atoms with Crippen molar-refractivity contribution in [3.63, 3.8) is 0 Å². The van der Waals surface area contributed by atoms with Crippen LogP contribution in [0.15, 0.2) is 29.2 Å². The van der Waals surface area contributed by atoms with Crippen LogP contribution >= 0.6 is 11.8 Å². The zero-order valence-corrected chi connectivity index (χ0v) is 18.7. The van der Waals surface area contributed by atoms with Gasteiger partial charge in [0.15, 0.2) is 0 Å². The summed E-state index contributed by atoms with van der Waals surface area (Å²) in [4.78, 5) is 26.1. The molecule has 0 aromatic heterocycles. The topological polar surface area (TPSA) is 58.2 Å². The Labute approximate surface area is 179 Å². The lowest BCUT2D eigenvalue weighted by Crippen LogP contribution is -2.55. The molecule has 5 heteroatoms. The Morgan fingerprint density at radius 2 is 1.59 bits per heavy atom. The van der Waals surface area contributed by atoms with E-state index in [1.54, 1.807) is 0 Å². The third-order valence-electron chi connectivity index (χ3n) is 7.29. The first-order valence-electron chi connectivity index (χ1n) is 11.2. The van der Waals surface area contributed by atoms with Crippen molar-refractivity contribution in [1.29, 1.82) is 0 Å². The Hall–Kier alpha value is -1.49. The number of hydrogen-bond donors (Lipinski definition) is 2. The molecular formula is C24H34N2O2S. The van der Waals surface area contributed by atoms with E-state index in [4.69, 9.17) is 0 Å². The third-order valence-corrected chi connectivity index (χ3v) is 8.37. The fourth-order valence-corrected chi connectivity index (χ4v) is 7.28. The largest absolute Gasteiger partial charge is 0.353 e. The number of thioether (sulfide) groups is 1. The minimum atomic E-state index is 0.000568. The second-order valence-corrected chi connectivity index (χ2v) is 11.0. The van der Waals surface area contributed by atoms with E-state index in [9.17, 15) is 9.59 Å². The molecule has 4 nitrogen and oxygen atoms in total. The monoisotopic (exact) mass is 414 g/mol. The van der Waals surface area contributed by atoms with Gasteiger partial charge in [-0.1, -0.05) is 12.1 Å². The molecule has 2 N–H and O–H groups in total. The highest BCUT2D eigenvalue weighted by Gasteiger charge is 2.53. The van der Waals surface area contributed by atoms with Gasteiger partial charge in [0.05, 0.1) is 11.3 Å². The summed E-state index contributed by atoms with van der Waals surface area (Å²) in [6.07, 6.45) is 8.10. The average Bonchev–Trinajstić information content (AvgIpc) is 2.65. The first-order chi connectivity index (χ1) is 13.8. The summed E-state index contributed by atoms with van der Waals surface area (Å²) < 4.78 is 0. The normalized spacial score (nSPS) is 31.0. The Bertz CT molecular complexity index is 741. The molecule has 0 spiro atoms. The maximum absolute atomic E-state index is 13.2. The summed E-state index contributed by atoms with van der Waals surface area (Å²) in [7, 11) is 0. The Kier molecular flexibility index (Phi) is 5.97. The molecule has 29 heavy (non-hydrogen) atoms. The number of carbonyl (C=O) groups excluding carboxylic acids is 2. The van der Waals surface area contributed by atoms with Gasteiger partial charge in [-0.15, -0.1) is 11.8 Å². The van der Waals surface area contributed by atoms with Crippen molar-refractivity contribution < 1.29 is 9.59 Å². The van der Waals surface area contributed by atoms with Gasteiger partial charge in [-0.3, -0.25) is 9.59 Å². The predicted octanol–water partition coefficient (Wildman–Crippen LogP) is 4.64. The van der Waals surface area contributed by atoms with Gasteiger partial charge in [-0.05, 0) is 94.6 Å². The fourth-order valence-electron chi connectivity index (χ4n) is 6.42. The van der Waals surface area contributed by atoms with Gasteiger partial charge >= 0.3 is 0 Å². The van der Waals surface area contributed by atoms with Crippen LogP contribution in [0.4, 0.5) is 0 Å². The number of nitrogens with one attached hydrogen (secondary N) is 2. The van der Waals surface area contributed by atoms with E-state index in [1.807, 2.05) is 38.1 Å². The van der Waals surface area contributed by atoms with Crippen LogP contribution in [0, 0.1) is 23.2 Å². The molecule has 0 unspecified atom stereocenters. The zero-order chi connectivity index (χ0) is 20.6. The van der Waals surface area contributed by atoms with Crippen LogP contribution in [0.5, 0.6) is 0 Å². The van der Waals surface area contributed by atoms with Crippen LogP contribution in [0.3, 0.4) is 0 Å². The lowest BCUT2D eigenvalue weighted by molar-refractivity contribution is -0.119. The second kappa shape index (κ2) is 8.33. The molecular weight excluding hydrogens is 380 g/mol. The van der Waals surface area contributed by atoms with Crippen LogP contribution in [0.1, 0.15) is 69.7 Å². The molecule has 0 heterocycles. The smallest absolute Gasteiger partial charge is 0.252 e. The van der Waals surface area contributed by atoms with Crippen molar-refractivity contribution in [2.45, 2.75) is 76.3 Å². The summed E-state index contributed by atoms with van der Waals surface area (Å²) in [5, 5.41) is 6.27. The number of carbonyl (C=O) groups is 2. The van der Waals surface area contributed by atoms with Gasteiger partial charge in [0, 0.05) is 17.0 Å². The van der Waals surface area contributed by atoms with E-state index in [2.05, 4.69) is 17.6 Å². The number of rotatable bonds is 7. The van der Waals surface area contributed by atoms with Crippen molar-refractivity contribution >= 4 is 23.6 Å². The molecule has 4 aliphatic rings. The van der Waals surface area contributed by atoms with Gasteiger partial charge in [0.1, 0.15) is 0 Å². The summed E-state index contributed by atoms with van der Waals surface area (Å²) in [6.45, 7) is 6.13. The lowest BCUT2D eigenvalue weighted by atomic mass is 9.48.